The number of aliphatic hydroxyl groups excluding tert-OH is 1. The van der Waals surface area contributed by atoms with Gasteiger partial charge in [0.2, 0.25) is 5.75 Å². The molecule has 0 aliphatic carbocycles. The van der Waals surface area contributed by atoms with E-state index in [0.717, 1.165) is 0 Å². The molecule has 2 N–H and O–H groups in total. The molecule has 1 unspecified atom stereocenters. The minimum atomic E-state index is -4.37. The summed E-state index contributed by atoms with van der Waals surface area (Å²) in [5, 5.41) is 11.5. The van der Waals surface area contributed by atoms with Crippen LogP contribution >= 0.6 is 0 Å². The quantitative estimate of drug-likeness (QED) is 0.805. The molecular weight excluding hydrogens is 291 g/mol. The summed E-state index contributed by atoms with van der Waals surface area (Å²) in [5.74, 6) is 0.939. The molecule has 0 saturated heterocycles. The number of halogens is 3. The second kappa shape index (κ2) is 7.37. The van der Waals surface area contributed by atoms with Gasteiger partial charge in [0.25, 0.3) is 0 Å². The molecule has 0 aliphatic heterocycles. The number of rotatable bonds is 7. The van der Waals surface area contributed by atoms with E-state index in [2.05, 4.69) is 5.32 Å². The summed E-state index contributed by atoms with van der Waals surface area (Å²) in [6.45, 7) is -1.72. The summed E-state index contributed by atoms with van der Waals surface area (Å²) in [4.78, 5) is 0. The summed E-state index contributed by atoms with van der Waals surface area (Å²) in [6.07, 6.45) is -4.37. The maximum Gasteiger partial charge on any atom is 0.401 e. The second-order valence-electron chi connectivity index (χ2n) is 4.19. The Hall–Kier alpha value is -1.67. The molecule has 0 heterocycles. The lowest BCUT2D eigenvalue weighted by atomic mass is 10.1. The minimum Gasteiger partial charge on any atom is -0.493 e. The molecule has 0 saturated carbocycles. The van der Waals surface area contributed by atoms with Crippen molar-refractivity contribution in [1.82, 2.24) is 5.32 Å². The highest BCUT2D eigenvalue weighted by atomic mass is 19.4. The summed E-state index contributed by atoms with van der Waals surface area (Å²) >= 11 is 0. The van der Waals surface area contributed by atoms with Crippen LogP contribution < -0.4 is 19.5 Å². The molecule has 8 heteroatoms. The Kier molecular flexibility index (Phi) is 6.10. The van der Waals surface area contributed by atoms with E-state index in [0.29, 0.717) is 22.8 Å². The van der Waals surface area contributed by atoms with Crippen molar-refractivity contribution in [3.05, 3.63) is 17.7 Å². The predicted molar refractivity (Wildman–Crippen MR) is 70.0 cm³/mol. The van der Waals surface area contributed by atoms with Gasteiger partial charge in [-0.15, -0.1) is 0 Å². The molecule has 1 aromatic rings. The number of hydrogen-bond acceptors (Lipinski definition) is 5. The first-order valence-corrected chi connectivity index (χ1v) is 6.07. The van der Waals surface area contributed by atoms with E-state index in [-0.39, 0.29) is 0 Å². The van der Waals surface area contributed by atoms with Gasteiger partial charge in [0.15, 0.2) is 11.5 Å². The van der Waals surface area contributed by atoms with Gasteiger partial charge in [0.1, 0.15) is 0 Å². The maximum atomic E-state index is 12.3. The Labute approximate surface area is 120 Å². The van der Waals surface area contributed by atoms with E-state index in [4.69, 9.17) is 14.2 Å². The summed E-state index contributed by atoms with van der Waals surface area (Å²) < 4.78 is 52.2. The third-order valence-corrected chi connectivity index (χ3v) is 2.82. The van der Waals surface area contributed by atoms with E-state index in [1.807, 2.05) is 0 Å². The molecule has 1 atom stereocenters. The van der Waals surface area contributed by atoms with Gasteiger partial charge in [-0.25, -0.2) is 0 Å². The standard InChI is InChI=1S/C13H18F3NO4/c1-19-10-4-8(5-11(20-2)12(10)21-3)9(6-18)17-7-13(14,15)16/h4-5,9,17-18H,6-7H2,1-3H3. The molecule has 0 radical (unpaired) electrons. The molecule has 0 bridgehead atoms. The fourth-order valence-electron chi connectivity index (χ4n) is 1.83. The fourth-order valence-corrected chi connectivity index (χ4v) is 1.83. The van der Waals surface area contributed by atoms with Gasteiger partial charge in [0, 0.05) is 0 Å². The van der Waals surface area contributed by atoms with Crippen LogP contribution in [0.15, 0.2) is 12.1 Å². The van der Waals surface area contributed by atoms with Crippen LogP contribution in [-0.2, 0) is 0 Å². The number of benzene rings is 1. The highest BCUT2D eigenvalue weighted by Gasteiger charge is 2.29. The molecule has 5 nitrogen and oxygen atoms in total. The van der Waals surface area contributed by atoms with Crippen molar-refractivity contribution in [3.63, 3.8) is 0 Å². The molecular formula is C13H18F3NO4. The van der Waals surface area contributed by atoms with Crippen LogP contribution in [0.1, 0.15) is 11.6 Å². The highest BCUT2D eigenvalue weighted by molar-refractivity contribution is 5.54. The average molecular weight is 309 g/mol. The van der Waals surface area contributed by atoms with Gasteiger partial charge in [-0.05, 0) is 17.7 Å². The first-order valence-electron chi connectivity index (χ1n) is 6.07. The van der Waals surface area contributed by atoms with E-state index in [9.17, 15) is 18.3 Å². The van der Waals surface area contributed by atoms with Crippen molar-refractivity contribution in [2.24, 2.45) is 0 Å². The molecule has 0 fully saturated rings. The number of nitrogens with one attached hydrogen (secondary N) is 1. The Morgan fingerprint density at radius 2 is 1.62 bits per heavy atom. The Morgan fingerprint density at radius 3 is 1.95 bits per heavy atom. The lowest BCUT2D eigenvalue weighted by Gasteiger charge is -2.20. The van der Waals surface area contributed by atoms with Crippen LogP contribution in [0.4, 0.5) is 13.2 Å². The van der Waals surface area contributed by atoms with Gasteiger partial charge in [-0.1, -0.05) is 0 Å². The number of ether oxygens (including phenoxy) is 3. The van der Waals surface area contributed by atoms with E-state index in [1.54, 1.807) is 0 Å². The molecule has 1 aromatic carbocycles. The van der Waals surface area contributed by atoms with Crippen LogP contribution in [0, 0.1) is 0 Å². The van der Waals surface area contributed by atoms with Gasteiger partial charge in [0.05, 0.1) is 40.5 Å². The third-order valence-electron chi connectivity index (χ3n) is 2.82. The van der Waals surface area contributed by atoms with Crippen molar-refractivity contribution in [2.75, 3.05) is 34.5 Å². The van der Waals surface area contributed by atoms with Crippen molar-refractivity contribution in [3.8, 4) is 17.2 Å². The zero-order valence-corrected chi connectivity index (χ0v) is 12.0. The first-order chi connectivity index (χ1) is 9.86. The Balaban J connectivity index is 3.09. The smallest absolute Gasteiger partial charge is 0.401 e. The summed E-state index contributed by atoms with van der Waals surface area (Å²) in [6, 6.07) is 2.08. The molecule has 120 valence electrons. The lowest BCUT2D eigenvalue weighted by molar-refractivity contribution is -0.126. The normalized spacial score (nSPS) is 12.9. The molecule has 0 amide bonds. The van der Waals surface area contributed by atoms with Crippen molar-refractivity contribution < 1.29 is 32.5 Å². The topological polar surface area (TPSA) is 60.0 Å². The minimum absolute atomic E-state index is 0.305. The van der Waals surface area contributed by atoms with E-state index in [1.165, 1.54) is 33.5 Å². The number of hydrogen-bond donors (Lipinski definition) is 2. The van der Waals surface area contributed by atoms with Crippen molar-refractivity contribution in [1.29, 1.82) is 0 Å². The van der Waals surface area contributed by atoms with Crippen molar-refractivity contribution >= 4 is 0 Å². The van der Waals surface area contributed by atoms with E-state index < -0.39 is 25.4 Å². The fraction of sp³-hybridized carbons (Fsp3) is 0.538. The monoisotopic (exact) mass is 309 g/mol. The molecule has 0 aliphatic rings. The third kappa shape index (κ3) is 4.68. The van der Waals surface area contributed by atoms with Gasteiger partial charge in [-0.2, -0.15) is 13.2 Å². The number of methoxy groups -OCH3 is 3. The predicted octanol–water partition coefficient (Wildman–Crippen LogP) is 1.90. The lowest BCUT2D eigenvalue weighted by Crippen LogP contribution is -2.33. The maximum absolute atomic E-state index is 12.3. The van der Waals surface area contributed by atoms with E-state index >= 15 is 0 Å². The van der Waals surface area contributed by atoms with Crippen LogP contribution in [0.2, 0.25) is 0 Å². The first kappa shape index (κ1) is 17.4. The molecule has 21 heavy (non-hydrogen) atoms. The van der Waals surface area contributed by atoms with Crippen LogP contribution in [0.5, 0.6) is 17.2 Å². The Morgan fingerprint density at radius 1 is 1.10 bits per heavy atom. The van der Waals surface area contributed by atoms with Gasteiger partial charge < -0.3 is 19.3 Å². The Bertz CT molecular complexity index is 440. The SMILES string of the molecule is COc1cc(C(CO)NCC(F)(F)F)cc(OC)c1OC. The largest absolute Gasteiger partial charge is 0.493 e. The van der Waals surface area contributed by atoms with Crippen LogP contribution in [-0.4, -0.2) is 45.8 Å². The van der Waals surface area contributed by atoms with Crippen LogP contribution in [0.3, 0.4) is 0 Å². The molecule has 0 aromatic heterocycles. The average Bonchev–Trinajstić information content (AvgIpc) is 2.45. The summed E-state index contributed by atoms with van der Waals surface area (Å²) in [7, 11) is 4.22. The zero-order valence-electron chi connectivity index (χ0n) is 12.0. The van der Waals surface area contributed by atoms with Gasteiger partial charge >= 0.3 is 6.18 Å². The summed E-state index contributed by atoms with van der Waals surface area (Å²) in [5.41, 5.74) is 0.399. The van der Waals surface area contributed by atoms with Gasteiger partial charge in [-0.3, -0.25) is 5.32 Å². The molecule has 0 spiro atoms. The highest BCUT2D eigenvalue weighted by Crippen LogP contribution is 2.39. The molecule has 1 rings (SSSR count). The van der Waals surface area contributed by atoms with Crippen LogP contribution in [0.25, 0.3) is 0 Å². The van der Waals surface area contributed by atoms with Crippen molar-refractivity contribution in [2.45, 2.75) is 12.2 Å². The second-order valence-corrected chi connectivity index (χ2v) is 4.19. The number of aliphatic hydroxyl groups is 1. The number of alkyl halides is 3. The zero-order chi connectivity index (χ0) is 16.0.